The molecule has 0 radical (unpaired) electrons. The first-order chi connectivity index (χ1) is 20.3. The van der Waals surface area contributed by atoms with Crippen LogP contribution in [0.25, 0.3) is 0 Å². The number of carboxylic acids is 1. The van der Waals surface area contributed by atoms with Crippen molar-refractivity contribution in [2.24, 2.45) is 28.1 Å². The molecule has 2 aromatic rings. The van der Waals surface area contributed by atoms with Crippen molar-refractivity contribution in [3.63, 3.8) is 0 Å². The lowest BCUT2D eigenvalue weighted by Gasteiger charge is -2.63. The Kier molecular flexibility index (Phi) is 6.16. The number of carboxylic acid groups (broad SMARTS) is 1. The van der Waals surface area contributed by atoms with E-state index in [0.29, 0.717) is 12.1 Å². The van der Waals surface area contributed by atoms with Gasteiger partial charge >= 0.3 is 5.97 Å². The summed E-state index contributed by atoms with van der Waals surface area (Å²) < 4.78 is 39.8. The number of carbonyl (C=O) groups is 2. The third-order valence-corrected chi connectivity index (χ3v) is 12.0. The minimum absolute atomic E-state index is 0.0584. The molecule has 10 atom stereocenters. The van der Waals surface area contributed by atoms with E-state index in [2.05, 4.69) is 0 Å². The molecule has 6 nitrogen and oxygen atoms in total. The molecule has 4 N–H and O–H groups in total. The van der Waals surface area contributed by atoms with Gasteiger partial charge in [0.15, 0.2) is 11.5 Å². The highest BCUT2D eigenvalue weighted by molar-refractivity contribution is 6.01. The molecule has 0 unspecified atom stereocenters. The topological polar surface area (TPSA) is 110 Å². The quantitative estimate of drug-likeness (QED) is 0.396. The van der Waals surface area contributed by atoms with Gasteiger partial charge in [0.25, 0.3) is 0 Å². The van der Waals surface area contributed by atoms with E-state index in [1.54, 1.807) is 6.92 Å². The fraction of sp³-hybridized carbons (Fsp3) is 0.486. The van der Waals surface area contributed by atoms with Crippen molar-refractivity contribution < 1.29 is 33.3 Å². The van der Waals surface area contributed by atoms with Crippen LogP contribution in [0.1, 0.15) is 62.3 Å². The lowest BCUT2D eigenvalue weighted by atomic mass is 9.43. The molecular formula is C35H37F2NO5. The van der Waals surface area contributed by atoms with E-state index in [0.717, 1.165) is 16.7 Å². The first kappa shape index (κ1) is 28.4. The van der Waals surface area contributed by atoms with E-state index in [1.165, 1.54) is 18.2 Å². The summed E-state index contributed by atoms with van der Waals surface area (Å²) in [6.45, 7) is 3.38. The number of nitrogen functional groups attached to an aromatic ring is 1. The molecule has 1 aliphatic heterocycles. The number of rotatable bonds is 4. The fourth-order valence-corrected chi connectivity index (χ4v) is 9.83. The summed E-state index contributed by atoms with van der Waals surface area (Å²) in [7, 11) is 0. The summed E-state index contributed by atoms with van der Waals surface area (Å²) in [5, 5.41) is 22.5. The summed E-state index contributed by atoms with van der Waals surface area (Å²) in [6, 6.07) is 15.7. The van der Waals surface area contributed by atoms with Gasteiger partial charge in [-0.1, -0.05) is 49.4 Å². The van der Waals surface area contributed by atoms with E-state index in [9.17, 15) is 19.8 Å². The highest BCUT2D eigenvalue weighted by atomic mass is 19.1. The van der Waals surface area contributed by atoms with Crippen LogP contribution in [-0.4, -0.2) is 46.0 Å². The molecule has 7 rings (SSSR count). The Labute approximate surface area is 249 Å². The Morgan fingerprint density at radius 3 is 2.51 bits per heavy atom. The van der Waals surface area contributed by atoms with Crippen molar-refractivity contribution in [1.29, 1.82) is 0 Å². The number of ether oxygens (including phenoxy) is 1. The van der Waals surface area contributed by atoms with Gasteiger partial charge in [0.05, 0.1) is 18.3 Å². The second kappa shape index (κ2) is 9.32. The SMILES string of the molecule is C[C@]12C=CC(=O)C=C1[C@@H](F)C[C@H]1[C@@H]3C[C@H]4O[C@@H](c5ccc(Cc6cccc(N)c6)cc5)C[C@@]4(C(=O)O)[C@@]3(C)C[C@H](O)[C@@]12F. The normalized spacial score (nSPS) is 42.9. The number of hydrogen-bond donors (Lipinski definition) is 3. The van der Waals surface area contributed by atoms with Crippen LogP contribution >= 0.6 is 0 Å². The van der Waals surface area contributed by atoms with Crippen molar-refractivity contribution >= 4 is 17.4 Å². The molecule has 0 aromatic heterocycles. The zero-order valence-electron chi connectivity index (χ0n) is 24.3. The Morgan fingerprint density at radius 1 is 1.07 bits per heavy atom. The fourth-order valence-electron chi connectivity index (χ4n) is 9.83. The monoisotopic (exact) mass is 589 g/mol. The minimum Gasteiger partial charge on any atom is -0.481 e. The average Bonchev–Trinajstić information content (AvgIpc) is 3.46. The number of hydrogen-bond acceptors (Lipinski definition) is 5. The van der Waals surface area contributed by atoms with Crippen LogP contribution in [0.4, 0.5) is 14.5 Å². The van der Waals surface area contributed by atoms with Crippen molar-refractivity contribution in [2.45, 2.75) is 76.1 Å². The third kappa shape index (κ3) is 3.69. The number of aliphatic hydroxyl groups excluding tert-OH is 1. The first-order valence-corrected chi connectivity index (χ1v) is 15.1. The number of nitrogens with two attached hydrogens (primary N) is 1. The van der Waals surface area contributed by atoms with E-state index in [4.69, 9.17) is 10.5 Å². The summed E-state index contributed by atoms with van der Waals surface area (Å²) in [5.41, 5.74) is 3.57. The van der Waals surface area contributed by atoms with Crippen LogP contribution in [0.5, 0.6) is 0 Å². The Morgan fingerprint density at radius 2 is 1.81 bits per heavy atom. The van der Waals surface area contributed by atoms with Crippen LogP contribution in [-0.2, 0) is 20.7 Å². The number of carbonyl (C=O) groups excluding carboxylic acids is 1. The maximum atomic E-state index is 17.5. The van der Waals surface area contributed by atoms with Gasteiger partial charge in [0, 0.05) is 17.0 Å². The largest absolute Gasteiger partial charge is 0.481 e. The number of fused-ring (bicyclic) bond motifs is 7. The molecule has 43 heavy (non-hydrogen) atoms. The van der Waals surface area contributed by atoms with Crippen LogP contribution in [0.3, 0.4) is 0 Å². The van der Waals surface area contributed by atoms with Gasteiger partial charge in [0.2, 0.25) is 0 Å². The van der Waals surface area contributed by atoms with E-state index < -0.39 is 70.0 Å². The Balaban J connectivity index is 1.20. The maximum Gasteiger partial charge on any atom is 0.312 e. The number of alkyl halides is 2. The predicted molar refractivity (Wildman–Crippen MR) is 156 cm³/mol. The minimum atomic E-state index is -2.25. The summed E-state index contributed by atoms with van der Waals surface area (Å²) in [5.74, 6) is -2.88. The Bertz CT molecular complexity index is 1570. The number of benzene rings is 2. The van der Waals surface area contributed by atoms with Crippen molar-refractivity contribution in [3.8, 4) is 0 Å². The van der Waals surface area contributed by atoms with E-state index >= 15 is 8.78 Å². The second-order valence-electron chi connectivity index (χ2n) is 13.9. The molecule has 2 aromatic carbocycles. The second-order valence-corrected chi connectivity index (χ2v) is 13.9. The highest BCUT2D eigenvalue weighted by Gasteiger charge is 2.79. The molecule has 5 aliphatic rings. The van der Waals surface area contributed by atoms with Gasteiger partial charge in [-0.3, -0.25) is 9.59 Å². The van der Waals surface area contributed by atoms with Gasteiger partial charge in [-0.2, -0.15) is 0 Å². The molecule has 0 spiro atoms. The highest BCUT2D eigenvalue weighted by Crippen LogP contribution is 2.75. The van der Waals surface area contributed by atoms with E-state index in [-0.39, 0.29) is 31.3 Å². The van der Waals surface area contributed by atoms with Gasteiger partial charge in [0.1, 0.15) is 11.6 Å². The summed E-state index contributed by atoms with van der Waals surface area (Å²) in [6.07, 6.45) is 0.367. The standard InChI is InChI=1S/C35H37F2NO5/c1-32-11-10-23(39)14-26(32)27(36)15-25-24-16-30-34(31(41)42,33(24,2)18-29(40)35(25,32)37)17-28(43-30)21-8-6-19(7-9-21)12-20-4-3-5-22(38)13-20/h3-11,13-14,24-25,27-30,40H,12,15-18,38H2,1-2H3,(H,41,42)/t24-,25-,27-,28+,29-,30+,32-,33-,34+,35-/m0/s1. The first-order valence-electron chi connectivity index (χ1n) is 15.1. The van der Waals surface area contributed by atoms with Crippen molar-refractivity contribution in [1.82, 2.24) is 0 Å². The number of halogens is 2. The van der Waals surface area contributed by atoms with Gasteiger partial charge in [-0.05, 0) is 96.9 Å². The molecule has 0 bridgehead atoms. The molecule has 0 amide bonds. The van der Waals surface area contributed by atoms with Crippen molar-refractivity contribution in [3.05, 3.63) is 89.0 Å². The average molecular weight is 590 g/mol. The molecular weight excluding hydrogens is 552 g/mol. The van der Waals surface area contributed by atoms with Crippen LogP contribution < -0.4 is 5.73 Å². The van der Waals surface area contributed by atoms with Gasteiger partial charge < -0.3 is 20.7 Å². The zero-order chi connectivity index (χ0) is 30.5. The van der Waals surface area contributed by atoms with E-state index in [1.807, 2.05) is 55.5 Å². The molecule has 1 saturated heterocycles. The zero-order valence-corrected chi connectivity index (χ0v) is 24.3. The van der Waals surface area contributed by atoms with Gasteiger partial charge in [-0.25, -0.2) is 8.78 Å². The number of aliphatic carboxylic acids is 1. The smallest absolute Gasteiger partial charge is 0.312 e. The number of aliphatic hydroxyl groups is 1. The van der Waals surface area contributed by atoms with Crippen LogP contribution in [0.2, 0.25) is 0 Å². The van der Waals surface area contributed by atoms with Crippen LogP contribution in [0, 0.1) is 28.1 Å². The summed E-state index contributed by atoms with van der Waals surface area (Å²) >= 11 is 0. The lowest BCUT2D eigenvalue weighted by Crippen LogP contribution is -2.69. The predicted octanol–water partition coefficient (Wildman–Crippen LogP) is 5.69. The Hall–Kier alpha value is -3.36. The molecule has 4 fully saturated rings. The lowest BCUT2D eigenvalue weighted by molar-refractivity contribution is -0.215. The molecule has 3 saturated carbocycles. The van der Waals surface area contributed by atoms with Crippen molar-refractivity contribution in [2.75, 3.05) is 5.73 Å². The molecule has 1 heterocycles. The number of allylic oxidation sites excluding steroid dienone is 4. The van der Waals surface area contributed by atoms with Gasteiger partial charge in [-0.15, -0.1) is 0 Å². The number of ketones is 1. The third-order valence-electron chi connectivity index (χ3n) is 12.0. The van der Waals surface area contributed by atoms with Crippen LogP contribution in [0.15, 0.2) is 72.3 Å². The maximum absolute atomic E-state index is 17.5. The summed E-state index contributed by atoms with van der Waals surface area (Å²) in [4.78, 5) is 25.4. The number of anilines is 1. The molecule has 4 aliphatic carbocycles. The molecule has 8 heteroatoms. The molecule has 226 valence electrons.